The first-order chi connectivity index (χ1) is 13.3. The molecule has 1 aliphatic carbocycles. The number of rotatable bonds is 3. The third kappa shape index (κ3) is 2.98. The molecule has 0 atom stereocenters. The monoisotopic (exact) mass is 395 g/mol. The van der Waals surface area contributed by atoms with Crippen LogP contribution in [0.5, 0.6) is 0 Å². The Morgan fingerprint density at radius 3 is 2.50 bits per heavy atom. The van der Waals surface area contributed by atoms with Crippen molar-refractivity contribution in [2.75, 3.05) is 19.0 Å². The maximum absolute atomic E-state index is 13.3. The molecule has 2 aromatic heterocycles. The molecule has 6 nitrogen and oxygen atoms in total. The van der Waals surface area contributed by atoms with E-state index in [1.54, 1.807) is 16.9 Å². The number of Topliss-reactive ketones (excluding diaryl/α,β-unsaturated/α-hetero) is 1. The van der Waals surface area contributed by atoms with Crippen LogP contribution in [0.4, 0.5) is 5.69 Å². The fourth-order valence-electron chi connectivity index (χ4n) is 3.59. The second-order valence-electron chi connectivity index (χ2n) is 7.94. The Labute approximate surface area is 169 Å². The molecule has 0 unspecified atom stereocenters. The Balaban J connectivity index is 1.94. The SMILES string of the molecule is CN(C)c1ccc(-c2nn(-c3ccnnc3Cl)c3c2C(=O)C(C)(C)CC3)cc1. The topological polar surface area (TPSA) is 63.9 Å². The van der Waals surface area contributed by atoms with Gasteiger partial charge in [-0.1, -0.05) is 37.6 Å². The number of carbonyl (C=O) groups excluding carboxylic acids is 1. The van der Waals surface area contributed by atoms with Gasteiger partial charge in [-0.05, 0) is 31.0 Å². The van der Waals surface area contributed by atoms with E-state index in [1.807, 2.05) is 57.1 Å². The van der Waals surface area contributed by atoms with E-state index in [1.165, 1.54) is 0 Å². The second-order valence-corrected chi connectivity index (χ2v) is 8.30. The summed E-state index contributed by atoms with van der Waals surface area (Å²) in [5, 5.41) is 12.8. The van der Waals surface area contributed by atoms with Crippen molar-refractivity contribution in [3.63, 3.8) is 0 Å². The number of benzene rings is 1. The molecule has 0 amide bonds. The van der Waals surface area contributed by atoms with Gasteiger partial charge in [-0.25, -0.2) is 4.68 Å². The minimum absolute atomic E-state index is 0.116. The van der Waals surface area contributed by atoms with Crippen molar-refractivity contribution in [3.8, 4) is 16.9 Å². The third-order valence-corrected chi connectivity index (χ3v) is 5.62. The maximum atomic E-state index is 13.3. The minimum atomic E-state index is -0.417. The number of anilines is 1. The van der Waals surface area contributed by atoms with Crippen LogP contribution in [-0.2, 0) is 6.42 Å². The lowest BCUT2D eigenvalue weighted by molar-refractivity contribution is 0.0811. The van der Waals surface area contributed by atoms with Gasteiger partial charge in [0.1, 0.15) is 11.4 Å². The smallest absolute Gasteiger partial charge is 0.177 e. The van der Waals surface area contributed by atoms with E-state index in [0.717, 1.165) is 29.8 Å². The molecule has 1 aromatic carbocycles. The summed E-state index contributed by atoms with van der Waals surface area (Å²) in [6.07, 6.45) is 3.09. The van der Waals surface area contributed by atoms with Crippen molar-refractivity contribution >= 4 is 23.1 Å². The zero-order chi connectivity index (χ0) is 20.1. The van der Waals surface area contributed by atoms with Crippen LogP contribution < -0.4 is 4.90 Å². The first-order valence-electron chi connectivity index (χ1n) is 9.21. The Morgan fingerprint density at radius 1 is 1.14 bits per heavy atom. The van der Waals surface area contributed by atoms with Crippen LogP contribution in [-0.4, -0.2) is 39.9 Å². The first kappa shape index (κ1) is 18.6. The molecule has 0 spiro atoms. The first-order valence-corrected chi connectivity index (χ1v) is 9.59. The number of hydrogen-bond donors (Lipinski definition) is 0. The van der Waals surface area contributed by atoms with E-state index in [4.69, 9.17) is 16.7 Å². The van der Waals surface area contributed by atoms with Gasteiger partial charge in [0.2, 0.25) is 0 Å². The van der Waals surface area contributed by atoms with Gasteiger partial charge in [0.15, 0.2) is 10.9 Å². The van der Waals surface area contributed by atoms with Gasteiger partial charge in [-0.2, -0.15) is 10.2 Å². The highest BCUT2D eigenvalue weighted by Gasteiger charge is 2.39. The highest BCUT2D eigenvalue weighted by atomic mass is 35.5. The molecular formula is C21H22ClN5O. The summed E-state index contributed by atoms with van der Waals surface area (Å²) < 4.78 is 1.76. The predicted octanol–water partition coefficient (Wildman–Crippen LogP) is 4.20. The van der Waals surface area contributed by atoms with E-state index in [2.05, 4.69) is 10.2 Å². The van der Waals surface area contributed by atoms with Gasteiger partial charge in [0.25, 0.3) is 0 Å². The highest BCUT2D eigenvalue weighted by Crippen LogP contribution is 2.40. The fraction of sp³-hybridized carbons (Fsp3) is 0.333. The molecular weight excluding hydrogens is 374 g/mol. The van der Waals surface area contributed by atoms with Crippen molar-refractivity contribution in [1.82, 2.24) is 20.0 Å². The molecule has 0 N–H and O–H groups in total. The number of hydrogen-bond acceptors (Lipinski definition) is 5. The largest absolute Gasteiger partial charge is 0.378 e. The Bertz CT molecular complexity index is 1050. The quantitative estimate of drug-likeness (QED) is 0.664. The second kappa shape index (κ2) is 6.71. The van der Waals surface area contributed by atoms with Crippen LogP contribution in [0.15, 0.2) is 36.5 Å². The summed E-state index contributed by atoms with van der Waals surface area (Å²) in [5.74, 6) is 0.116. The summed E-state index contributed by atoms with van der Waals surface area (Å²) in [4.78, 5) is 15.4. The molecule has 0 bridgehead atoms. The zero-order valence-electron chi connectivity index (χ0n) is 16.4. The fourth-order valence-corrected chi connectivity index (χ4v) is 3.78. The maximum Gasteiger partial charge on any atom is 0.177 e. The van der Waals surface area contributed by atoms with Gasteiger partial charge >= 0.3 is 0 Å². The van der Waals surface area contributed by atoms with Gasteiger partial charge in [-0.3, -0.25) is 4.79 Å². The summed E-state index contributed by atoms with van der Waals surface area (Å²) in [5.41, 5.74) is 4.46. The molecule has 1 aliphatic rings. The van der Waals surface area contributed by atoms with Crippen LogP contribution in [0.1, 0.15) is 36.3 Å². The lowest BCUT2D eigenvalue weighted by Crippen LogP contribution is -2.31. The van der Waals surface area contributed by atoms with E-state index in [-0.39, 0.29) is 10.9 Å². The van der Waals surface area contributed by atoms with Gasteiger partial charge in [0.05, 0.1) is 17.5 Å². The summed E-state index contributed by atoms with van der Waals surface area (Å²) >= 11 is 6.28. The zero-order valence-corrected chi connectivity index (χ0v) is 17.2. The number of ketones is 1. The summed E-state index contributed by atoms with van der Waals surface area (Å²) in [6.45, 7) is 3.99. The predicted molar refractivity (Wildman–Crippen MR) is 110 cm³/mol. The van der Waals surface area contributed by atoms with Crippen LogP contribution in [0, 0.1) is 5.41 Å². The van der Waals surface area contributed by atoms with Crippen LogP contribution in [0.3, 0.4) is 0 Å². The van der Waals surface area contributed by atoms with E-state index >= 15 is 0 Å². The number of nitrogens with zero attached hydrogens (tertiary/aromatic N) is 5. The number of halogens is 1. The summed E-state index contributed by atoms with van der Waals surface area (Å²) in [7, 11) is 3.99. The van der Waals surface area contributed by atoms with Crippen molar-refractivity contribution in [1.29, 1.82) is 0 Å². The molecule has 0 radical (unpaired) electrons. The summed E-state index contributed by atoms with van der Waals surface area (Å²) in [6, 6.07) is 9.83. The highest BCUT2D eigenvalue weighted by molar-refractivity contribution is 6.31. The lowest BCUT2D eigenvalue weighted by atomic mass is 9.74. The molecule has 0 saturated heterocycles. The Kier molecular flexibility index (Phi) is 4.46. The van der Waals surface area contributed by atoms with Gasteiger partial charge in [0, 0.05) is 30.8 Å². The third-order valence-electron chi connectivity index (χ3n) is 5.35. The molecule has 0 saturated carbocycles. The average Bonchev–Trinajstić information content (AvgIpc) is 3.05. The molecule has 0 aliphatic heterocycles. The minimum Gasteiger partial charge on any atom is -0.378 e. The molecule has 3 aromatic rings. The van der Waals surface area contributed by atoms with Crippen molar-refractivity contribution in [2.45, 2.75) is 26.7 Å². The Hall–Kier alpha value is -2.73. The normalized spacial score (nSPS) is 15.4. The number of fused-ring (bicyclic) bond motifs is 1. The standard InChI is InChI=1S/C21H22ClN5O/c1-21(2)11-9-15-17(19(21)28)18(13-5-7-14(8-6-13)26(3)4)25-27(15)16-10-12-23-24-20(16)22/h5-8,10,12H,9,11H2,1-4H3. The molecule has 2 heterocycles. The molecule has 4 rings (SSSR count). The van der Waals surface area contributed by atoms with E-state index in [9.17, 15) is 4.79 Å². The molecule has 144 valence electrons. The van der Waals surface area contributed by atoms with E-state index in [0.29, 0.717) is 16.9 Å². The molecule has 7 heteroatoms. The van der Waals surface area contributed by atoms with Crippen LogP contribution >= 0.6 is 11.6 Å². The lowest BCUT2D eigenvalue weighted by Gasteiger charge is -2.28. The number of carbonyl (C=O) groups is 1. The molecule has 0 fully saturated rings. The van der Waals surface area contributed by atoms with Crippen molar-refractivity contribution in [3.05, 3.63) is 52.9 Å². The molecule has 28 heavy (non-hydrogen) atoms. The average molecular weight is 396 g/mol. The van der Waals surface area contributed by atoms with Gasteiger partial charge < -0.3 is 4.90 Å². The number of aromatic nitrogens is 4. The van der Waals surface area contributed by atoms with E-state index < -0.39 is 5.41 Å². The Morgan fingerprint density at radius 2 is 1.86 bits per heavy atom. The van der Waals surface area contributed by atoms with Crippen LogP contribution in [0.2, 0.25) is 5.15 Å². The van der Waals surface area contributed by atoms with Crippen molar-refractivity contribution in [2.24, 2.45) is 5.41 Å². The van der Waals surface area contributed by atoms with Crippen molar-refractivity contribution < 1.29 is 4.79 Å². The van der Waals surface area contributed by atoms with Gasteiger partial charge in [-0.15, -0.1) is 5.10 Å². The van der Waals surface area contributed by atoms with Crippen LogP contribution in [0.25, 0.3) is 16.9 Å².